The number of hydrogen-bond acceptors (Lipinski definition) is 4. The molecule has 0 saturated heterocycles. The number of amides is 1. The Balaban J connectivity index is 1.90. The van der Waals surface area contributed by atoms with Crippen LogP contribution in [-0.2, 0) is 9.53 Å². The number of hydrogen-bond donors (Lipinski definition) is 1. The summed E-state index contributed by atoms with van der Waals surface area (Å²) in [6.45, 7) is 10.2. The summed E-state index contributed by atoms with van der Waals surface area (Å²) in [5.41, 5.74) is 4.30. The molecule has 0 aliphatic heterocycles. The van der Waals surface area contributed by atoms with Crippen molar-refractivity contribution in [1.29, 1.82) is 0 Å². The summed E-state index contributed by atoms with van der Waals surface area (Å²) in [6, 6.07) is 10.6. The Hall–Kier alpha value is -2.82. The number of aryl methyl sites for hydroxylation is 2. The van der Waals surface area contributed by atoms with Crippen LogP contribution in [0, 0.1) is 26.7 Å². The summed E-state index contributed by atoms with van der Waals surface area (Å²) in [5, 5.41) is 2.76. The molecule has 144 valence electrons. The molecular weight excluding hydrogens is 342 g/mol. The van der Waals surface area contributed by atoms with Gasteiger partial charge in [0.15, 0.2) is 6.61 Å². The molecule has 1 N–H and O–H groups in total. The molecule has 2 rings (SSSR count). The highest BCUT2D eigenvalue weighted by molar-refractivity contribution is 5.93. The smallest absolute Gasteiger partial charge is 0.338 e. The van der Waals surface area contributed by atoms with Crippen LogP contribution in [0.2, 0.25) is 0 Å². The normalized spacial score (nSPS) is 10.6. The molecule has 0 bridgehead atoms. The first kappa shape index (κ1) is 20.5. The van der Waals surface area contributed by atoms with Gasteiger partial charge in [0.05, 0.1) is 12.2 Å². The average molecular weight is 369 g/mol. The summed E-state index contributed by atoms with van der Waals surface area (Å²) in [7, 11) is 0. The van der Waals surface area contributed by atoms with E-state index in [1.807, 2.05) is 40.7 Å². The van der Waals surface area contributed by atoms with E-state index < -0.39 is 0 Å². The highest BCUT2D eigenvalue weighted by Crippen LogP contribution is 2.23. The van der Waals surface area contributed by atoms with Gasteiger partial charge in [0, 0.05) is 5.69 Å². The van der Waals surface area contributed by atoms with Crippen molar-refractivity contribution in [3.05, 3.63) is 58.7 Å². The lowest BCUT2D eigenvalue weighted by molar-refractivity contribution is -0.118. The van der Waals surface area contributed by atoms with Crippen LogP contribution in [0.25, 0.3) is 0 Å². The van der Waals surface area contributed by atoms with Gasteiger partial charge in [-0.2, -0.15) is 0 Å². The number of nitrogens with one attached hydrogen (secondary N) is 1. The van der Waals surface area contributed by atoms with Gasteiger partial charge in [-0.25, -0.2) is 4.79 Å². The molecule has 0 saturated carbocycles. The maximum atomic E-state index is 12.1. The predicted molar refractivity (Wildman–Crippen MR) is 106 cm³/mol. The van der Waals surface area contributed by atoms with Gasteiger partial charge in [0.2, 0.25) is 0 Å². The zero-order valence-corrected chi connectivity index (χ0v) is 16.6. The van der Waals surface area contributed by atoms with Crippen LogP contribution in [0.3, 0.4) is 0 Å². The van der Waals surface area contributed by atoms with E-state index in [1.165, 1.54) is 0 Å². The first-order chi connectivity index (χ1) is 12.8. The first-order valence-corrected chi connectivity index (χ1v) is 9.04. The third-order valence-corrected chi connectivity index (χ3v) is 4.07. The van der Waals surface area contributed by atoms with Gasteiger partial charge in [-0.3, -0.25) is 4.79 Å². The third kappa shape index (κ3) is 6.13. The molecule has 5 nitrogen and oxygen atoms in total. The third-order valence-electron chi connectivity index (χ3n) is 4.07. The summed E-state index contributed by atoms with van der Waals surface area (Å²) < 4.78 is 10.8. The second-order valence-corrected chi connectivity index (χ2v) is 7.11. The van der Waals surface area contributed by atoms with E-state index in [1.54, 1.807) is 24.3 Å². The molecule has 0 heterocycles. The Kier molecular flexibility index (Phi) is 6.99. The summed E-state index contributed by atoms with van der Waals surface area (Å²) in [5.74, 6) is 0.373. The molecule has 1 amide bonds. The van der Waals surface area contributed by atoms with Gasteiger partial charge >= 0.3 is 5.97 Å². The van der Waals surface area contributed by atoms with Crippen LogP contribution >= 0.6 is 0 Å². The molecular formula is C22H27NO4. The molecule has 0 aliphatic carbocycles. The fraction of sp³-hybridized carbons (Fsp3) is 0.364. The number of esters is 1. The molecule has 0 spiro atoms. The SMILES string of the molecule is Cc1cc(C)c(C)c(OCC(=O)Nc2ccc(C(=O)OCC(C)C)cc2)c1. The number of carbonyl (C=O) groups excluding carboxylic acids is 2. The topological polar surface area (TPSA) is 64.6 Å². The number of ether oxygens (including phenoxy) is 2. The average Bonchev–Trinajstić information content (AvgIpc) is 2.62. The van der Waals surface area contributed by atoms with Gasteiger partial charge < -0.3 is 14.8 Å². The minimum atomic E-state index is -0.366. The molecule has 0 aromatic heterocycles. The number of anilines is 1. The van der Waals surface area contributed by atoms with Crippen molar-refractivity contribution >= 4 is 17.6 Å². The van der Waals surface area contributed by atoms with E-state index >= 15 is 0 Å². The number of carbonyl (C=O) groups is 2. The van der Waals surface area contributed by atoms with Crippen molar-refractivity contribution in [2.75, 3.05) is 18.5 Å². The zero-order chi connectivity index (χ0) is 20.0. The summed E-state index contributed by atoms with van der Waals surface area (Å²) in [4.78, 5) is 24.0. The van der Waals surface area contributed by atoms with E-state index in [4.69, 9.17) is 9.47 Å². The number of rotatable bonds is 7. The second-order valence-electron chi connectivity index (χ2n) is 7.11. The van der Waals surface area contributed by atoms with Crippen molar-refractivity contribution < 1.29 is 19.1 Å². The molecule has 2 aromatic rings. The minimum Gasteiger partial charge on any atom is -0.483 e. The summed E-state index contributed by atoms with van der Waals surface area (Å²) >= 11 is 0. The molecule has 0 atom stereocenters. The zero-order valence-electron chi connectivity index (χ0n) is 16.6. The van der Waals surface area contributed by atoms with Crippen LogP contribution in [0.1, 0.15) is 40.9 Å². The van der Waals surface area contributed by atoms with Crippen LogP contribution in [0.15, 0.2) is 36.4 Å². The van der Waals surface area contributed by atoms with Crippen LogP contribution < -0.4 is 10.1 Å². The molecule has 0 radical (unpaired) electrons. The first-order valence-electron chi connectivity index (χ1n) is 9.04. The molecule has 5 heteroatoms. The van der Waals surface area contributed by atoms with Crippen molar-refractivity contribution in [3.8, 4) is 5.75 Å². The summed E-state index contributed by atoms with van der Waals surface area (Å²) in [6.07, 6.45) is 0. The van der Waals surface area contributed by atoms with E-state index in [0.29, 0.717) is 23.6 Å². The Morgan fingerprint density at radius 3 is 2.33 bits per heavy atom. The quantitative estimate of drug-likeness (QED) is 0.733. The fourth-order valence-corrected chi connectivity index (χ4v) is 2.51. The molecule has 0 unspecified atom stereocenters. The van der Waals surface area contributed by atoms with Crippen molar-refractivity contribution in [2.45, 2.75) is 34.6 Å². The Labute approximate surface area is 160 Å². The van der Waals surface area contributed by atoms with Crippen LogP contribution in [0.5, 0.6) is 5.75 Å². The van der Waals surface area contributed by atoms with Gasteiger partial charge in [0.1, 0.15) is 5.75 Å². The Morgan fingerprint density at radius 1 is 1.04 bits per heavy atom. The molecule has 0 aliphatic rings. The van der Waals surface area contributed by atoms with E-state index in [2.05, 4.69) is 11.4 Å². The van der Waals surface area contributed by atoms with Gasteiger partial charge in [-0.1, -0.05) is 19.9 Å². The lowest BCUT2D eigenvalue weighted by Crippen LogP contribution is -2.20. The highest BCUT2D eigenvalue weighted by atomic mass is 16.5. The van der Waals surface area contributed by atoms with Crippen LogP contribution in [0.4, 0.5) is 5.69 Å². The van der Waals surface area contributed by atoms with Crippen LogP contribution in [-0.4, -0.2) is 25.1 Å². The minimum absolute atomic E-state index is 0.0814. The monoisotopic (exact) mass is 369 g/mol. The standard InChI is InChI=1S/C22H27NO4/c1-14(2)12-27-22(25)18-6-8-19(9-7-18)23-21(24)13-26-20-11-15(3)10-16(4)17(20)5/h6-11,14H,12-13H2,1-5H3,(H,23,24). The Bertz CT molecular complexity index is 810. The predicted octanol–water partition coefficient (Wildman–Crippen LogP) is 4.44. The second kappa shape index (κ2) is 9.21. The molecule has 0 fully saturated rings. The van der Waals surface area contributed by atoms with Crippen molar-refractivity contribution in [3.63, 3.8) is 0 Å². The van der Waals surface area contributed by atoms with E-state index in [0.717, 1.165) is 16.7 Å². The lowest BCUT2D eigenvalue weighted by atomic mass is 10.1. The fourth-order valence-electron chi connectivity index (χ4n) is 2.51. The van der Waals surface area contributed by atoms with Gasteiger partial charge in [-0.15, -0.1) is 0 Å². The van der Waals surface area contributed by atoms with E-state index in [9.17, 15) is 9.59 Å². The van der Waals surface area contributed by atoms with Crippen molar-refractivity contribution in [1.82, 2.24) is 0 Å². The maximum Gasteiger partial charge on any atom is 0.338 e. The van der Waals surface area contributed by atoms with E-state index in [-0.39, 0.29) is 24.4 Å². The largest absolute Gasteiger partial charge is 0.483 e. The highest BCUT2D eigenvalue weighted by Gasteiger charge is 2.10. The van der Waals surface area contributed by atoms with Crippen molar-refractivity contribution in [2.24, 2.45) is 5.92 Å². The lowest BCUT2D eigenvalue weighted by Gasteiger charge is -2.12. The Morgan fingerprint density at radius 2 is 1.70 bits per heavy atom. The molecule has 27 heavy (non-hydrogen) atoms. The maximum absolute atomic E-state index is 12.1. The van der Waals surface area contributed by atoms with Gasteiger partial charge in [-0.05, 0) is 73.7 Å². The molecule has 2 aromatic carbocycles. The van der Waals surface area contributed by atoms with Gasteiger partial charge in [0.25, 0.3) is 5.91 Å². The number of benzene rings is 2.